The Kier molecular flexibility index (Phi) is 9.51. The predicted octanol–water partition coefficient (Wildman–Crippen LogP) is 6.42. The number of amides is 2. The SMILES string of the molecule is O=C(NCc1nnc(SCC(=O)N2N=C(c3ccc(Br)cc3)CC2c2ccc(F)cc2)n1CCc1ccccc1)c1ccco1. The average molecular weight is 688 g/mol. The summed E-state index contributed by atoms with van der Waals surface area (Å²) in [6.45, 7) is 0.683. The Labute approximate surface area is 271 Å². The maximum atomic E-state index is 13.7. The van der Waals surface area contributed by atoms with Gasteiger partial charge >= 0.3 is 0 Å². The number of nitrogens with zero attached hydrogens (tertiary/aromatic N) is 5. The highest BCUT2D eigenvalue weighted by molar-refractivity contribution is 9.10. The molecule has 3 aromatic carbocycles. The first-order chi connectivity index (χ1) is 21.9. The van der Waals surface area contributed by atoms with Crippen molar-refractivity contribution in [1.82, 2.24) is 25.1 Å². The highest BCUT2D eigenvalue weighted by Crippen LogP contribution is 2.34. The second kappa shape index (κ2) is 14.0. The molecule has 1 aliphatic heterocycles. The zero-order chi connectivity index (χ0) is 31.2. The van der Waals surface area contributed by atoms with Crippen molar-refractivity contribution in [2.75, 3.05) is 5.75 Å². The Morgan fingerprint density at radius 1 is 0.978 bits per heavy atom. The Hall–Kier alpha value is -4.55. The smallest absolute Gasteiger partial charge is 0.287 e. The molecule has 1 N–H and O–H groups in total. The van der Waals surface area contributed by atoms with Gasteiger partial charge in [-0.1, -0.05) is 82.3 Å². The molecule has 0 aliphatic carbocycles. The molecule has 0 spiro atoms. The minimum atomic E-state index is -0.374. The number of rotatable bonds is 11. The fourth-order valence-electron chi connectivity index (χ4n) is 5.01. The van der Waals surface area contributed by atoms with Gasteiger partial charge in [-0.3, -0.25) is 9.59 Å². The minimum absolute atomic E-state index is 0.0526. The summed E-state index contributed by atoms with van der Waals surface area (Å²) in [5, 5.41) is 18.3. The molecule has 2 aromatic heterocycles. The predicted molar refractivity (Wildman–Crippen MR) is 172 cm³/mol. The lowest BCUT2D eigenvalue weighted by Gasteiger charge is -2.22. The summed E-state index contributed by atoms with van der Waals surface area (Å²) in [5.74, 6) is -0.104. The van der Waals surface area contributed by atoms with Crippen LogP contribution in [0, 0.1) is 5.82 Å². The summed E-state index contributed by atoms with van der Waals surface area (Å²) >= 11 is 4.72. The first-order valence-electron chi connectivity index (χ1n) is 14.3. The van der Waals surface area contributed by atoms with Gasteiger partial charge in [-0.05, 0) is 59.5 Å². The van der Waals surface area contributed by atoms with Gasteiger partial charge in [0.1, 0.15) is 5.82 Å². The molecule has 12 heteroatoms. The zero-order valence-electron chi connectivity index (χ0n) is 24.0. The Bertz CT molecular complexity index is 1790. The van der Waals surface area contributed by atoms with Crippen LogP contribution < -0.4 is 5.32 Å². The van der Waals surface area contributed by atoms with E-state index in [0.717, 1.165) is 26.9 Å². The molecule has 1 unspecified atom stereocenters. The minimum Gasteiger partial charge on any atom is -0.459 e. The van der Waals surface area contributed by atoms with Gasteiger partial charge in [-0.15, -0.1) is 10.2 Å². The number of nitrogens with one attached hydrogen (secondary N) is 1. The molecule has 228 valence electrons. The number of carbonyl (C=O) groups is 2. The molecule has 0 fully saturated rings. The lowest BCUT2D eigenvalue weighted by Crippen LogP contribution is -2.28. The average Bonchev–Trinajstić information content (AvgIpc) is 3.84. The van der Waals surface area contributed by atoms with E-state index in [1.54, 1.807) is 24.3 Å². The normalized spacial score (nSPS) is 14.4. The number of aryl methyl sites for hydroxylation is 1. The number of thioether (sulfide) groups is 1. The maximum Gasteiger partial charge on any atom is 0.287 e. The van der Waals surface area contributed by atoms with E-state index < -0.39 is 0 Å². The van der Waals surface area contributed by atoms with Gasteiger partial charge in [0.05, 0.1) is 30.3 Å². The van der Waals surface area contributed by atoms with Crippen molar-refractivity contribution < 1.29 is 18.4 Å². The van der Waals surface area contributed by atoms with Crippen molar-refractivity contribution in [1.29, 1.82) is 0 Å². The van der Waals surface area contributed by atoms with Crippen LogP contribution in [0.5, 0.6) is 0 Å². The number of halogens is 2. The third-order valence-corrected chi connectivity index (χ3v) is 8.82. The summed E-state index contributed by atoms with van der Waals surface area (Å²) in [7, 11) is 0. The van der Waals surface area contributed by atoms with Crippen molar-refractivity contribution in [3.05, 3.63) is 136 Å². The summed E-state index contributed by atoms with van der Waals surface area (Å²) in [6.07, 6.45) is 2.64. The van der Waals surface area contributed by atoms with Gasteiger partial charge in [0.15, 0.2) is 16.7 Å². The molecular formula is C33H28BrFN6O3S. The van der Waals surface area contributed by atoms with E-state index >= 15 is 0 Å². The highest BCUT2D eigenvalue weighted by atomic mass is 79.9. The van der Waals surface area contributed by atoms with Crippen LogP contribution in [0.3, 0.4) is 0 Å². The van der Waals surface area contributed by atoms with Crippen LogP contribution in [0.2, 0.25) is 0 Å². The van der Waals surface area contributed by atoms with E-state index in [1.807, 2.05) is 59.2 Å². The van der Waals surface area contributed by atoms with E-state index in [9.17, 15) is 14.0 Å². The molecule has 2 amide bonds. The van der Waals surface area contributed by atoms with Gasteiger partial charge < -0.3 is 14.3 Å². The standard InChI is InChI=1S/C33H28BrFN6O3S/c34-25-12-8-23(9-13-25)27-19-28(24-10-14-26(35)15-11-24)41(39-27)31(42)21-45-33-38-37-30(20-36-32(43)29-7-4-18-44-29)40(33)17-16-22-5-2-1-3-6-22/h1-15,18,28H,16-17,19-21H2,(H,36,43). The second-order valence-electron chi connectivity index (χ2n) is 10.3. The number of benzene rings is 3. The number of aromatic nitrogens is 3. The summed E-state index contributed by atoms with van der Waals surface area (Å²) in [6, 6.07) is 26.8. The third kappa shape index (κ3) is 7.40. The zero-order valence-corrected chi connectivity index (χ0v) is 26.4. The fourth-order valence-corrected chi connectivity index (χ4v) is 6.12. The van der Waals surface area contributed by atoms with Crippen LogP contribution in [0.4, 0.5) is 4.39 Å². The van der Waals surface area contributed by atoms with Gasteiger partial charge in [0, 0.05) is 17.4 Å². The summed E-state index contributed by atoms with van der Waals surface area (Å²) in [5.41, 5.74) is 3.62. The molecule has 1 aliphatic rings. The largest absolute Gasteiger partial charge is 0.459 e. The van der Waals surface area contributed by atoms with Crippen molar-refractivity contribution in [2.45, 2.75) is 37.1 Å². The monoisotopic (exact) mass is 686 g/mol. The van der Waals surface area contributed by atoms with Crippen molar-refractivity contribution >= 4 is 45.2 Å². The quantitative estimate of drug-likeness (QED) is 0.161. The van der Waals surface area contributed by atoms with Crippen molar-refractivity contribution in [3.8, 4) is 0 Å². The van der Waals surface area contributed by atoms with E-state index in [4.69, 9.17) is 9.52 Å². The number of carbonyl (C=O) groups excluding carboxylic acids is 2. The van der Waals surface area contributed by atoms with Crippen molar-refractivity contribution in [3.63, 3.8) is 0 Å². The van der Waals surface area contributed by atoms with Crippen LogP contribution in [0.25, 0.3) is 0 Å². The first-order valence-corrected chi connectivity index (χ1v) is 16.0. The molecule has 6 rings (SSSR count). The van der Waals surface area contributed by atoms with Gasteiger partial charge in [0.25, 0.3) is 11.8 Å². The lowest BCUT2D eigenvalue weighted by molar-refractivity contribution is -0.130. The van der Waals surface area contributed by atoms with Crippen molar-refractivity contribution in [2.24, 2.45) is 5.10 Å². The molecule has 9 nitrogen and oxygen atoms in total. The number of furan rings is 1. The maximum absolute atomic E-state index is 13.7. The molecular weight excluding hydrogens is 659 g/mol. The first kappa shape index (κ1) is 30.5. The summed E-state index contributed by atoms with van der Waals surface area (Å²) in [4.78, 5) is 26.2. The van der Waals surface area contributed by atoms with E-state index in [0.29, 0.717) is 30.4 Å². The Morgan fingerprint density at radius 3 is 2.49 bits per heavy atom. The third-order valence-electron chi connectivity index (χ3n) is 7.34. The van der Waals surface area contributed by atoms with Gasteiger partial charge in [-0.25, -0.2) is 9.40 Å². The molecule has 5 aromatic rings. The topological polar surface area (TPSA) is 106 Å². The van der Waals surface area contributed by atoms with E-state index in [2.05, 4.69) is 31.4 Å². The number of hydrazone groups is 1. The Balaban J connectivity index is 1.21. The van der Waals surface area contributed by atoms with Gasteiger partial charge in [0.2, 0.25) is 0 Å². The van der Waals surface area contributed by atoms with E-state index in [1.165, 1.54) is 35.2 Å². The second-order valence-corrected chi connectivity index (χ2v) is 12.2. The highest BCUT2D eigenvalue weighted by Gasteiger charge is 2.33. The molecule has 0 saturated carbocycles. The molecule has 0 bridgehead atoms. The molecule has 0 radical (unpaired) electrons. The fraction of sp³-hybridized carbons (Fsp3) is 0.182. The Morgan fingerprint density at radius 2 is 1.76 bits per heavy atom. The molecule has 0 saturated heterocycles. The lowest BCUT2D eigenvalue weighted by atomic mass is 9.98. The number of hydrogen-bond acceptors (Lipinski definition) is 7. The van der Waals surface area contributed by atoms with Crippen LogP contribution in [-0.4, -0.2) is 43.1 Å². The molecule has 45 heavy (non-hydrogen) atoms. The van der Waals surface area contributed by atoms with Crippen LogP contribution in [-0.2, 0) is 24.3 Å². The summed E-state index contributed by atoms with van der Waals surface area (Å²) < 4.78 is 21.8. The van der Waals surface area contributed by atoms with Crippen LogP contribution in [0.1, 0.15) is 45.5 Å². The molecule has 3 heterocycles. The van der Waals surface area contributed by atoms with E-state index in [-0.39, 0.29) is 41.7 Å². The van der Waals surface area contributed by atoms with Crippen LogP contribution in [0.15, 0.2) is 116 Å². The van der Waals surface area contributed by atoms with Crippen LogP contribution >= 0.6 is 27.7 Å². The van der Waals surface area contributed by atoms with Gasteiger partial charge in [-0.2, -0.15) is 5.10 Å². The number of hydrogen-bond donors (Lipinski definition) is 1. The molecule has 1 atom stereocenters.